The number of carboxylic acid groups (broad SMARTS) is 1. The first-order valence-corrected chi connectivity index (χ1v) is 11.4. The van der Waals surface area contributed by atoms with Gasteiger partial charge in [-0.1, -0.05) is 66.1 Å². The molecule has 0 fully saturated rings. The molecular weight excluding hydrogens is 456 g/mol. The minimum Gasteiger partial charge on any atom is -0.478 e. The topological polar surface area (TPSA) is 105 Å². The monoisotopic (exact) mass is 484 g/mol. The standard InChI is InChI=1S/C29H28N2O5/c1-3-25(19-36-18-22-11-8-14-24(16-22)29(34)35)30-28(33)26(17-21-10-7-9-20(2)15-21)31-27(32)23-12-5-4-6-13-23/h1,4-16,25-26H,17-19H2,2H3,(H,30,33)(H,31,32)(H,34,35)/t25-,26+/m1/s1. The fourth-order valence-corrected chi connectivity index (χ4v) is 3.61. The number of hydrogen-bond acceptors (Lipinski definition) is 4. The maximum Gasteiger partial charge on any atom is 0.335 e. The smallest absolute Gasteiger partial charge is 0.335 e. The second kappa shape index (κ2) is 12.9. The Hall–Kier alpha value is -4.41. The average molecular weight is 485 g/mol. The highest BCUT2D eigenvalue weighted by molar-refractivity contribution is 5.97. The van der Waals surface area contributed by atoms with Crippen LogP contribution in [0.3, 0.4) is 0 Å². The average Bonchev–Trinajstić information content (AvgIpc) is 2.88. The molecule has 0 heterocycles. The largest absolute Gasteiger partial charge is 0.478 e. The molecule has 36 heavy (non-hydrogen) atoms. The van der Waals surface area contributed by atoms with Crippen molar-refractivity contribution in [3.63, 3.8) is 0 Å². The first-order chi connectivity index (χ1) is 17.4. The Morgan fingerprint density at radius 3 is 2.31 bits per heavy atom. The van der Waals surface area contributed by atoms with Crippen LogP contribution in [0.1, 0.15) is 37.4 Å². The van der Waals surface area contributed by atoms with Crippen molar-refractivity contribution in [2.24, 2.45) is 0 Å². The summed E-state index contributed by atoms with van der Waals surface area (Å²) in [5.41, 5.74) is 3.22. The van der Waals surface area contributed by atoms with Crippen LogP contribution >= 0.6 is 0 Å². The molecule has 0 aromatic heterocycles. The Morgan fingerprint density at radius 2 is 1.61 bits per heavy atom. The summed E-state index contributed by atoms with van der Waals surface area (Å²) in [7, 11) is 0. The van der Waals surface area contributed by atoms with E-state index in [2.05, 4.69) is 16.6 Å². The van der Waals surface area contributed by atoms with E-state index in [1.807, 2.05) is 37.3 Å². The minimum atomic E-state index is -1.03. The molecule has 3 rings (SSSR count). The van der Waals surface area contributed by atoms with E-state index in [1.165, 1.54) is 12.1 Å². The Morgan fingerprint density at radius 1 is 0.917 bits per heavy atom. The first kappa shape index (κ1) is 26.2. The highest BCUT2D eigenvalue weighted by Gasteiger charge is 2.24. The molecule has 2 amide bonds. The Labute approximate surface area is 210 Å². The maximum atomic E-state index is 13.2. The van der Waals surface area contributed by atoms with Crippen LogP contribution in [-0.2, 0) is 22.6 Å². The SMILES string of the molecule is C#C[C@H](COCc1cccc(C(=O)O)c1)NC(=O)[C@H](Cc1cccc(C)c1)NC(=O)c1ccccc1. The number of rotatable bonds is 11. The van der Waals surface area contributed by atoms with Crippen molar-refractivity contribution in [3.8, 4) is 12.3 Å². The third kappa shape index (κ3) is 7.83. The van der Waals surface area contributed by atoms with Gasteiger partial charge in [-0.25, -0.2) is 4.79 Å². The molecule has 0 saturated carbocycles. The number of ether oxygens (including phenoxy) is 1. The van der Waals surface area contributed by atoms with E-state index < -0.39 is 24.0 Å². The molecule has 3 aromatic carbocycles. The van der Waals surface area contributed by atoms with Crippen LogP contribution in [0.4, 0.5) is 0 Å². The van der Waals surface area contributed by atoms with Crippen LogP contribution in [-0.4, -0.2) is 41.6 Å². The summed E-state index contributed by atoms with van der Waals surface area (Å²) in [5, 5.41) is 14.7. The van der Waals surface area contributed by atoms with Crippen molar-refractivity contribution in [2.45, 2.75) is 32.0 Å². The van der Waals surface area contributed by atoms with Gasteiger partial charge in [-0.2, -0.15) is 0 Å². The van der Waals surface area contributed by atoms with Crippen molar-refractivity contribution >= 4 is 17.8 Å². The van der Waals surface area contributed by atoms with Gasteiger partial charge in [0.05, 0.1) is 18.8 Å². The number of carbonyl (C=O) groups excluding carboxylic acids is 2. The van der Waals surface area contributed by atoms with Gasteiger partial charge in [0.2, 0.25) is 5.91 Å². The lowest BCUT2D eigenvalue weighted by Gasteiger charge is -2.21. The number of hydrogen-bond donors (Lipinski definition) is 3. The van der Waals surface area contributed by atoms with E-state index in [0.717, 1.165) is 11.1 Å². The van der Waals surface area contributed by atoms with Crippen LogP contribution in [0, 0.1) is 19.3 Å². The van der Waals surface area contributed by atoms with Gasteiger partial charge in [-0.3, -0.25) is 9.59 Å². The molecule has 0 aliphatic rings. The lowest BCUT2D eigenvalue weighted by atomic mass is 10.0. The van der Waals surface area contributed by atoms with Crippen molar-refractivity contribution in [1.29, 1.82) is 0 Å². The van der Waals surface area contributed by atoms with Gasteiger partial charge in [0.1, 0.15) is 12.1 Å². The lowest BCUT2D eigenvalue weighted by Crippen LogP contribution is -2.51. The van der Waals surface area contributed by atoms with Crippen LogP contribution in [0.2, 0.25) is 0 Å². The van der Waals surface area contributed by atoms with E-state index >= 15 is 0 Å². The number of carboxylic acids is 1. The van der Waals surface area contributed by atoms with Gasteiger partial charge in [-0.05, 0) is 42.3 Å². The number of nitrogens with one attached hydrogen (secondary N) is 2. The van der Waals surface area contributed by atoms with Gasteiger partial charge in [0, 0.05) is 12.0 Å². The predicted molar refractivity (Wildman–Crippen MR) is 136 cm³/mol. The third-order valence-electron chi connectivity index (χ3n) is 5.42. The van der Waals surface area contributed by atoms with Crippen molar-refractivity contribution in [3.05, 3.63) is 107 Å². The second-order valence-corrected chi connectivity index (χ2v) is 8.33. The molecule has 0 bridgehead atoms. The molecule has 3 aromatic rings. The van der Waals surface area contributed by atoms with Crippen molar-refractivity contribution in [2.75, 3.05) is 6.61 Å². The molecule has 7 heteroatoms. The number of aromatic carboxylic acids is 1. The summed E-state index contributed by atoms with van der Waals surface area (Å²) in [5.74, 6) is 0.677. The fraction of sp³-hybridized carbons (Fsp3) is 0.207. The molecule has 184 valence electrons. The zero-order valence-electron chi connectivity index (χ0n) is 19.9. The predicted octanol–water partition coefficient (Wildman–Crippen LogP) is 3.37. The van der Waals surface area contributed by atoms with Gasteiger partial charge in [0.25, 0.3) is 5.91 Å². The lowest BCUT2D eigenvalue weighted by molar-refractivity contribution is -0.123. The van der Waals surface area contributed by atoms with Crippen LogP contribution in [0.15, 0.2) is 78.9 Å². The van der Waals surface area contributed by atoms with Crippen molar-refractivity contribution in [1.82, 2.24) is 10.6 Å². The van der Waals surface area contributed by atoms with Crippen molar-refractivity contribution < 1.29 is 24.2 Å². The Kier molecular flexibility index (Phi) is 9.38. The molecule has 2 atom stereocenters. The number of benzene rings is 3. The van der Waals surface area contributed by atoms with E-state index in [0.29, 0.717) is 11.1 Å². The number of amides is 2. The summed E-state index contributed by atoms with van der Waals surface area (Å²) in [6.45, 7) is 2.11. The molecule has 0 aliphatic heterocycles. The molecule has 7 nitrogen and oxygen atoms in total. The quantitative estimate of drug-likeness (QED) is 0.362. The number of aryl methyl sites for hydroxylation is 1. The molecular formula is C29H28N2O5. The van der Waals surface area contributed by atoms with E-state index in [1.54, 1.807) is 36.4 Å². The highest BCUT2D eigenvalue weighted by Crippen LogP contribution is 2.10. The van der Waals surface area contributed by atoms with Gasteiger partial charge in [-0.15, -0.1) is 6.42 Å². The third-order valence-corrected chi connectivity index (χ3v) is 5.42. The number of terminal acetylenes is 1. The van der Waals surface area contributed by atoms with Crippen LogP contribution < -0.4 is 10.6 Å². The molecule has 3 N–H and O–H groups in total. The highest BCUT2D eigenvalue weighted by atomic mass is 16.5. The van der Waals surface area contributed by atoms with Crippen LogP contribution in [0.5, 0.6) is 0 Å². The minimum absolute atomic E-state index is 0.0172. The fourth-order valence-electron chi connectivity index (χ4n) is 3.61. The summed E-state index contributed by atoms with van der Waals surface area (Å²) >= 11 is 0. The normalized spacial score (nSPS) is 12.1. The summed E-state index contributed by atoms with van der Waals surface area (Å²) in [6.07, 6.45) is 5.90. The second-order valence-electron chi connectivity index (χ2n) is 8.33. The van der Waals surface area contributed by atoms with Crippen LogP contribution in [0.25, 0.3) is 0 Å². The molecule has 0 radical (unpaired) electrons. The number of carbonyl (C=O) groups is 3. The molecule has 0 aliphatic carbocycles. The maximum absolute atomic E-state index is 13.2. The van der Waals surface area contributed by atoms with Gasteiger partial charge >= 0.3 is 5.97 Å². The molecule has 0 unspecified atom stereocenters. The zero-order chi connectivity index (χ0) is 25.9. The van der Waals surface area contributed by atoms with Gasteiger partial charge < -0.3 is 20.5 Å². The summed E-state index contributed by atoms with van der Waals surface area (Å²) < 4.78 is 5.64. The summed E-state index contributed by atoms with van der Waals surface area (Å²) in [6, 6.07) is 21.2. The van der Waals surface area contributed by atoms with E-state index in [4.69, 9.17) is 16.3 Å². The van der Waals surface area contributed by atoms with E-state index in [-0.39, 0.29) is 31.1 Å². The molecule has 0 spiro atoms. The zero-order valence-corrected chi connectivity index (χ0v) is 19.9. The Balaban J connectivity index is 1.65. The van der Waals surface area contributed by atoms with Gasteiger partial charge in [0.15, 0.2) is 0 Å². The van der Waals surface area contributed by atoms with E-state index in [9.17, 15) is 14.4 Å². The summed E-state index contributed by atoms with van der Waals surface area (Å²) in [4.78, 5) is 37.1. The first-order valence-electron chi connectivity index (χ1n) is 11.4. The molecule has 0 saturated heterocycles. The Bertz CT molecular complexity index is 1250.